The number of carbonyl (C=O) groups is 2. The highest BCUT2D eigenvalue weighted by atomic mass is 32.2. The van der Waals surface area contributed by atoms with Gasteiger partial charge in [-0.3, -0.25) is 4.79 Å². The number of rotatable bonds is 11. The molecule has 0 unspecified atom stereocenters. The third kappa shape index (κ3) is 6.22. The minimum atomic E-state index is -0.469. The molecular formula is C20H26N8O4S. The monoisotopic (exact) mass is 474 g/mol. The average Bonchev–Trinajstić information content (AvgIpc) is 3.21. The van der Waals surface area contributed by atoms with Crippen molar-refractivity contribution >= 4 is 47.0 Å². The van der Waals surface area contributed by atoms with Crippen molar-refractivity contribution in [1.29, 1.82) is 0 Å². The number of esters is 1. The molecule has 0 saturated carbocycles. The topological polar surface area (TPSA) is 145 Å². The first-order valence-corrected chi connectivity index (χ1v) is 11.3. The standard InChI is InChI=1S/C20H26N8O4S/c1-5-21-17-24-18(22-6-2)28-19(25-17)26-27-20(28)33-11-15(29)23-14-8-7-13(9-12(14)3)32-10-16(30)31-4/h7-9H,5-6,10-11H2,1-4H3,(H,23,29)(H2,21,22,24,25,26). The van der Waals surface area contributed by atoms with Crippen LogP contribution in [0.5, 0.6) is 5.75 Å². The predicted octanol–water partition coefficient (Wildman–Crippen LogP) is 1.97. The van der Waals surface area contributed by atoms with Crippen LogP contribution in [0, 0.1) is 6.92 Å². The molecule has 0 saturated heterocycles. The molecule has 0 spiro atoms. The molecule has 33 heavy (non-hydrogen) atoms. The van der Waals surface area contributed by atoms with E-state index in [1.54, 1.807) is 22.6 Å². The van der Waals surface area contributed by atoms with Crippen LogP contribution < -0.4 is 20.7 Å². The lowest BCUT2D eigenvalue weighted by Gasteiger charge is -2.11. The lowest BCUT2D eigenvalue weighted by atomic mass is 10.2. The first kappa shape index (κ1) is 24.0. The summed E-state index contributed by atoms with van der Waals surface area (Å²) in [5, 5.41) is 17.9. The summed E-state index contributed by atoms with van der Waals surface area (Å²) < 4.78 is 11.6. The number of aryl methyl sites for hydroxylation is 1. The number of thioether (sulfide) groups is 1. The Morgan fingerprint density at radius 2 is 1.91 bits per heavy atom. The molecule has 3 rings (SSSR count). The van der Waals surface area contributed by atoms with Gasteiger partial charge in [-0.1, -0.05) is 11.8 Å². The van der Waals surface area contributed by atoms with Crippen LogP contribution >= 0.6 is 11.8 Å². The maximum Gasteiger partial charge on any atom is 0.343 e. The van der Waals surface area contributed by atoms with Gasteiger partial charge in [-0.05, 0) is 44.5 Å². The first-order chi connectivity index (χ1) is 15.9. The molecule has 2 aromatic heterocycles. The molecule has 3 N–H and O–H groups in total. The summed E-state index contributed by atoms with van der Waals surface area (Å²) in [5.41, 5.74) is 1.44. The molecular weight excluding hydrogens is 448 g/mol. The van der Waals surface area contributed by atoms with E-state index < -0.39 is 5.97 Å². The molecule has 0 aliphatic heterocycles. The van der Waals surface area contributed by atoms with Crippen molar-refractivity contribution < 1.29 is 19.1 Å². The Kier molecular flexibility index (Phi) is 8.24. The number of methoxy groups -OCH3 is 1. The van der Waals surface area contributed by atoms with Crippen LogP contribution in [-0.4, -0.2) is 69.0 Å². The molecule has 2 heterocycles. The summed E-state index contributed by atoms with van der Waals surface area (Å²) in [7, 11) is 1.30. The van der Waals surface area contributed by atoms with Crippen molar-refractivity contribution in [3.8, 4) is 5.75 Å². The summed E-state index contributed by atoms with van der Waals surface area (Å²) in [6.45, 7) is 6.89. The van der Waals surface area contributed by atoms with E-state index >= 15 is 0 Å². The molecule has 176 valence electrons. The highest BCUT2D eigenvalue weighted by Crippen LogP contribution is 2.24. The number of amides is 1. The lowest BCUT2D eigenvalue weighted by Crippen LogP contribution is -2.16. The van der Waals surface area contributed by atoms with Gasteiger partial charge in [0.25, 0.3) is 5.78 Å². The van der Waals surface area contributed by atoms with Crippen molar-refractivity contribution in [2.24, 2.45) is 0 Å². The van der Waals surface area contributed by atoms with Crippen LogP contribution in [0.1, 0.15) is 19.4 Å². The van der Waals surface area contributed by atoms with E-state index in [1.165, 1.54) is 18.9 Å². The van der Waals surface area contributed by atoms with Gasteiger partial charge in [-0.15, -0.1) is 10.2 Å². The zero-order valence-corrected chi connectivity index (χ0v) is 19.7. The zero-order valence-electron chi connectivity index (χ0n) is 18.8. The summed E-state index contributed by atoms with van der Waals surface area (Å²) in [6, 6.07) is 5.13. The first-order valence-electron chi connectivity index (χ1n) is 10.3. The number of anilines is 3. The smallest absolute Gasteiger partial charge is 0.343 e. The number of carbonyl (C=O) groups excluding carboxylic acids is 2. The summed E-state index contributed by atoms with van der Waals surface area (Å²) in [5.74, 6) is 1.33. The molecule has 0 bridgehead atoms. The second-order valence-electron chi connectivity index (χ2n) is 6.73. The second kappa shape index (κ2) is 11.3. The van der Waals surface area contributed by atoms with Gasteiger partial charge in [-0.2, -0.15) is 9.97 Å². The molecule has 1 aromatic carbocycles. The van der Waals surface area contributed by atoms with E-state index in [0.29, 0.717) is 47.4 Å². The highest BCUT2D eigenvalue weighted by molar-refractivity contribution is 7.99. The molecule has 0 fully saturated rings. The number of fused-ring (bicyclic) bond motifs is 1. The molecule has 0 radical (unpaired) electrons. The second-order valence-corrected chi connectivity index (χ2v) is 7.67. The van der Waals surface area contributed by atoms with Gasteiger partial charge < -0.3 is 25.4 Å². The minimum absolute atomic E-state index is 0.112. The van der Waals surface area contributed by atoms with Gasteiger partial charge in [0, 0.05) is 18.8 Å². The van der Waals surface area contributed by atoms with Crippen LogP contribution in [-0.2, 0) is 14.3 Å². The van der Waals surface area contributed by atoms with Crippen molar-refractivity contribution in [3.05, 3.63) is 23.8 Å². The van der Waals surface area contributed by atoms with Crippen LogP contribution in [0.25, 0.3) is 5.78 Å². The molecule has 0 aliphatic rings. The van der Waals surface area contributed by atoms with Gasteiger partial charge in [0.15, 0.2) is 11.8 Å². The Balaban J connectivity index is 1.65. The maximum atomic E-state index is 12.5. The summed E-state index contributed by atoms with van der Waals surface area (Å²) >= 11 is 1.23. The highest BCUT2D eigenvalue weighted by Gasteiger charge is 2.16. The largest absolute Gasteiger partial charge is 0.482 e. The van der Waals surface area contributed by atoms with E-state index in [4.69, 9.17) is 4.74 Å². The van der Waals surface area contributed by atoms with Gasteiger partial charge >= 0.3 is 5.97 Å². The molecule has 3 aromatic rings. The molecule has 1 amide bonds. The Morgan fingerprint density at radius 1 is 1.12 bits per heavy atom. The number of hydrogen-bond donors (Lipinski definition) is 3. The number of ether oxygens (including phenoxy) is 2. The van der Waals surface area contributed by atoms with Crippen LogP contribution in [0.4, 0.5) is 17.6 Å². The quantitative estimate of drug-likeness (QED) is 0.277. The fourth-order valence-corrected chi connectivity index (χ4v) is 3.51. The Labute approximate surface area is 194 Å². The SMILES string of the molecule is CCNc1nc(NCC)n2c(SCC(=O)Nc3ccc(OCC(=O)OC)cc3C)nnc2n1. The van der Waals surface area contributed by atoms with Gasteiger partial charge in [-0.25, -0.2) is 9.20 Å². The molecule has 0 atom stereocenters. The Morgan fingerprint density at radius 3 is 2.61 bits per heavy atom. The van der Waals surface area contributed by atoms with E-state index in [2.05, 4.69) is 40.9 Å². The van der Waals surface area contributed by atoms with Crippen LogP contribution in [0.15, 0.2) is 23.4 Å². The van der Waals surface area contributed by atoms with Crippen LogP contribution in [0.2, 0.25) is 0 Å². The van der Waals surface area contributed by atoms with E-state index in [1.807, 2.05) is 20.8 Å². The van der Waals surface area contributed by atoms with Crippen molar-refractivity contribution in [3.63, 3.8) is 0 Å². The maximum absolute atomic E-state index is 12.5. The van der Waals surface area contributed by atoms with Crippen molar-refractivity contribution in [2.45, 2.75) is 25.9 Å². The van der Waals surface area contributed by atoms with E-state index in [0.717, 1.165) is 5.56 Å². The molecule has 12 nitrogen and oxygen atoms in total. The van der Waals surface area contributed by atoms with Gasteiger partial charge in [0.2, 0.25) is 17.8 Å². The lowest BCUT2D eigenvalue weighted by molar-refractivity contribution is -0.142. The van der Waals surface area contributed by atoms with Gasteiger partial charge in [0.05, 0.1) is 12.9 Å². The summed E-state index contributed by atoms with van der Waals surface area (Å²) in [4.78, 5) is 32.6. The van der Waals surface area contributed by atoms with Crippen LogP contribution in [0.3, 0.4) is 0 Å². The predicted molar refractivity (Wildman–Crippen MR) is 125 cm³/mol. The average molecular weight is 475 g/mol. The fraction of sp³-hybridized carbons (Fsp3) is 0.400. The number of benzene rings is 1. The van der Waals surface area contributed by atoms with E-state index in [9.17, 15) is 9.59 Å². The third-order valence-corrected chi connectivity index (χ3v) is 5.23. The fourth-order valence-electron chi connectivity index (χ4n) is 2.78. The Bertz CT molecular complexity index is 1140. The summed E-state index contributed by atoms with van der Waals surface area (Å²) in [6.07, 6.45) is 0. The van der Waals surface area contributed by atoms with Crippen molar-refractivity contribution in [1.82, 2.24) is 24.6 Å². The number of nitrogens with zero attached hydrogens (tertiary/aromatic N) is 5. The Hall–Kier alpha value is -3.61. The number of aromatic nitrogens is 5. The molecule has 0 aliphatic carbocycles. The van der Waals surface area contributed by atoms with E-state index in [-0.39, 0.29) is 18.3 Å². The third-order valence-electron chi connectivity index (χ3n) is 4.30. The normalized spacial score (nSPS) is 10.7. The number of nitrogens with one attached hydrogen (secondary N) is 3. The zero-order chi connectivity index (χ0) is 23.8. The van der Waals surface area contributed by atoms with Gasteiger partial charge in [0.1, 0.15) is 5.75 Å². The molecule has 13 heteroatoms. The minimum Gasteiger partial charge on any atom is -0.482 e. The number of hydrogen-bond acceptors (Lipinski definition) is 11. The van der Waals surface area contributed by atoms with Crippen molar-refractivity contribution in [2.75, 3.05) is 48.5 Å².